The lowest BCUT2D eigenvalue weighted by Crippen LogP contribution is -2.13. The molecular weight excluding hydrogens is 350 g/mol. The summed E-state index contributed by atoms with van der Waals surface area (Å²) in [6.45, 7) is 2.06. The summed E-state index contributed by atoms with van der Waals surface area (Å²) < 4.78 is 0. The largest absolute Gasteiger partial charge is 0.338 e. The van der Waals surface area contributed by atoms with Crippen LogP contribution in [0, 0.1) is 0 Å². The van der Waals surface area contributed by atoms with Gasteiger partial charge in [-0.3, -0.25) is 14.9 Å². The van der Waals surface area contributed by atoms with Gasteiger partial charge in [0.25, 0.3) is 5.56 Å². The summed E-state index contributed by atoms with van der Waals surface area (Å²) in [6.07, 6.45) is 2.85. The second-order valence-electron chi connectivity index (χ2n) is 5.90. The Balaban J connectivity index is 1.46. The summed E-state index contributed by atoms with van der Waals surface area (Å²) >= 11 is 1.46. The van der Waals surface area contributed by atoms with Crippen molar-refractivity contribution in [3.63, 3.8) is 0 Å². The van der Waals surface area contributed by atoms with Gasteiger partial charge in [0.2, 0.25) is 11.9 Å². The molecule has 0 atom stereocenters. The summed E-state index contributed by atoms with van der Waals surface area (Å²) in [7, 11) is 0. The first-order valence-electron chi connectivity index (χ1n) is 8.61. The first-order chi connectivity index (χ1) is 12.6. The quantitative estimate of drug-likeness (QED) is 0.321. The molecule has 0 radical (unpaired) electrons. The number of para-hydroxylation sites is 2. The van der Waals surface area contributed by atoms with E-state index in [4.69, 9.17) is 0 Å². The third kappa shape index (κ3) is 4.95. The summed E-state index contributed by atoms with van der Waals surface area (Å²) in [5, 5.41) is 3.39. The lowest BCUT2D eigenvalue weighted by Gasteiger charge is -2.04. The van der Waals surface area contributed by atoms with Crippen LogP contribution in [0.2, 0.25) is 0 Å². The van der Waals surface area contributed by atoms with Crippen LogP contribution in [0.3, 0.4) is 0 Å². The van der Waals surface area contributed by atoms with Crippen LogP contribution < -0.4 is 10.9 Å². The minimum atomic E-state index is -0.225. The third-order valence-electron chi connectivity index (χ3n) is 3.73. The van der Waals surface area contributed by atoms with Crippen LogP contribution in [0.5, 0.6) is 0 Å². The molecule has 3 rings (SSSR count). The number of fused-ring (bicyclic) bond motifs is 1. The Morgan fingerprint density at radius 1 is 1.23 bits per heavy atom. The highest BCUT2D eigenvalue weighted by molar-refractivity contribution is 7.99. The van der Waals surface area contributed by atoms with E-state index >= 15 is 0 Å². The average Bonchev–Trinajstić information content (AvgIpc) is 3.00. The first kappa shape index (κ1) is 18.2. The van der Waals surface area contributed by atoms with Gasteiger partial charge in [-0.25, -0.2) is 4.98 Å². The van der Waals surface area contributed by atoms with Gasteiger partial charge in [-0.2, -0.15) is 4.98 Å². The zero-order valence-electron chi connectivity index (χ0n) is 14.5. The number of carbonyl (C=O) groups excluding carboxylic acids is 1. The van der Waals surface area contributed by atoms with Crippen LogP contribution in [0.4, 0.5) is 5.95 Å². The van der Waals surface area contributed by atoms with Crippen molar-refractivity contribution < 1.29 is 4.79 Å². The molecular formula is C18H21N5O2S. The highest BCUT2D eigenvalue weighted by Gasteiger charge is 2.07. The number of H-pyrrole nitrogens is 2. The molecule has 0 saturated carbocycles. The molecule has 136 valence electrons. The van der Waals surface area contributed by atoms with E-state index < -0.39 is 0 Å². The molecule has 2 aromatic heterocycles. The molecule has 8 heteroatoms. The fourth-order valence-electron chi connectivity index (χ4n) is 2.56. The van der Waals surface area contributed by atoms with Gasteiger partial charge < -0.3 is 9.97 Å². The normalized spacial score (nSPS) is 11.0. The second kappa shape index (κ2) is 8.66. The molecule has 0 saturated heterocycles. The molecule has 0 aliphatic carbocycles. The van der Waals surface area contributed by atoms with Crippen molar-refractivity contribution in [2.24, 2.45) is 0 Å². The molecule has 0 aliphatic heterocycles. The van der Waals surface area contributed by atoms with Gasteiger partial charge in [0, 0.05) is 23.9 Å². The van der Waals surface area contributed by atoms with Crippen molar-refractivity contribution in [2.45, 2.75) is 37.8 Å². The average molecular weight is 371 g/mol. The van der Waals surface area contributed by atoms with Crippen LogP contribution in [0.15, 0.2) is 40.3 Å². The molecule has 7 nitrogen and oxygen atoms in total. The molecule has 0 unspecified atom stereocenters. The molecule has 2 heterocycles. The van der Waals surface area contributed by atoms with E-state index in [1.54, 1.807) is 0 Å². The number of amides is 1. The maximum Gasteiger partial charge on any atom is 0.273 e. The number of rotatable bonds is 8. The fourth-order valence-corrected chi connectivity index (χ4v) is 3.40. The van der Waals surface area contributed by atoms with Gasteiger partial charge in [-0.15, -0.1) is 0 Å². The molecule has 26 heavy (non-hydrogen) atoms. The van der Waals surface area contributed by atoms with E-state index in [0.29, 0.717) is 29.7 Å². The molecule has 1 amide bonds. The van der Waals surface area contributed by atoms with Crippen LogP contribution in [0.1, 0.15) is 31.9 Å². The van der Waals surface area contributed by atoms with Gasteiger partial charge in [0.05, 0.1) is 11.0 Å². The zero-order valence-corrected chi connectivity index (χ0v) is 15.4. The maximum atomic E-state index is 12.0. The van der Waals surface area contributed by atoms with Crippen molar-refractivity contribution in [2.75, 3.05) is 11.1 Å². The van der Waals surface area contributed by atoms with E-state index in [-0.39, 0.29) is 11.5 Å². The van der Waals surface area contributed by atoms with Crippen molar-refractivity contribution >= 4 is 34.7 Å². The number of hydrogen-bond donors (Lipinski definition) is 3. The Labute approximate surface area is 155 Å². The predicted octanol–water partition coefficient (Wildman–Crippen LogP) is 3.11. The second-order valence-corrected chi connectivity index (χ2v) is 6.99. The van der Waals surface area contributed by atoms with E-state index in [2.05, 4.69) is 32.2 Å². The molecule has 1 aromatic carbocycles. The van der Waals surface area contributed by atoms with Crippen molar-refractivity contribution in [1.82, 2.24) is 19.9 Å². The Kier molecular flexibility index (Phi) is 6.06. The first-order valence-corrected chi connectivity index (χ1v) is 9.60. The molecule has 0 spiro atoms. The molecule has 3 N–H and O–H groups in total. The molecule has 0 bridgehead atoms. The Morgan fingerprint density at radius 3 is 2.88 bits per heavy atom. The van der Waals surface area contributed by atoms with Crippen LogP contribution in [0.25, 0.3) is 11.0 Å². The summed E-state index contributed by atoms with van der Waals surface area (Å²) in [5.74, 6) is 1.07. The Bertz CT molecular complexity index is 917. The van der Waals surface area contributed by atoms with Crippen molar-refractivity contribution in [3.8, 4) is 0 Å². The SMILES string of the molecule is CCCc1cc(=O)nc(SCCCC(=O)Nc2nc3ccccc3[nH]2)[nH]1. The molecule has 0 aliphatic rings. The number of nitrogens with one attached hydrogen (secondary N) is 3. The van der Waals surface area contributed by atoms with E-state index in [1.807, 2.05) is 24.3 Å². The minimum absolute atomic E-state index is 0.0918. The number of nitrogens with zero attached hydrogens (tertiary/aromatic N) is 2. The van der Waals surface area contributed by atoms with Gasteiger partial charge >= 0.3 is 0 Å². The van der Waals surface area contributed by atoms with Crippen molar-refractivity contribution in [1.29, 1.82) is 0 Å². The third-order valence-corrected chi connectivity index (χ3v) is 4.69. The predicted molar refractivity (Wildman–Crippen MR) is 104 cm³/mol. The zero-order chi connectivity index (χ0) is 18.4. The highest BCUT2D eigenvalue weighted by Crippen LogP contribution is 2.16. The van der Waals surface area contributed by atoms with Crippen LogP contribution in [-0.2, 0) is 11.2 Å². The van der Waals surface area contributed by atoms with Gasteiger partial charge in [0.15, 0.2) is 5.16 Å². The topological polar surface area (TPSA) is 104 Å². The minimum Gasteiger partial charge on any atom is -0.338 e. The van der Waals surface area contributed by atoms with Gasteiger partial charge in [-0.05, 0) is 25.0 Å². The van der Waals surface area contributed by atoms with Crippen molar-refractivity contribution in [3.05, 3.63) is 46.4 Å². The number of benzene rings is 1. The lowest BCUT2D eigenvalue weighted by molar-refractivity contribution is -0.116. The number of aromatic amines is 2. The number of aryl methyl sites for hydroxylation is 1. The van der Waals surface area contributed by atoms with Gasteiger partial charge in [0.1, 0.15) is 0 Å². The number of anilines is 1. The molecule has 3 aromatic rings. The number of thioether (sulfide) groups is 1. The standard InChI is InChI=1S/C18H21N5O2S/c1-2-6-12-11-16(25)23-18(19-12)26-10-5-9-15(24)22-17-20-13-7-3-4-8-14(13)21-17/h3-4,7-8,11H,2,5-6,9-10H2,1H3,(H,19,23,25)(H2,20,21,22,24). The van der Waals surface area contributed by atoms with E-state index in [0.717, 1.165) is 29.6 Å². The van der Waals surface area contributed by atoms with Gasteiger partial charge in [-0.1, -0.05) is 37.2 Å². The van der Waals surface area contributed by atoms with Crippen LogP contribution in [-0.4, -0.2) is 31.6 Å². The Morgan fingerprint density at radius 2 is 2.08 bits per heavy atom. The fraction of sp³-hybridized carbons (Fsp3) is 0.333. The van der Waals surface area contributed by atoms with Crippen LogP contribution >= 0.6 is 11.8 Å². The Hall–Kier alpha value is -2.61. The number of hydrogen-bond acceptors (Lipinski definition) is 5. The molecule has 0 fully saturated rings. The van der Waals surface area contributed by atoms with E-state index in [1.165, 1.54) is 17.8 Å². The highest BCUT2D eigenvalue weighted by atomic mass is 32.2. The summed E-state index contributed by atoms with van der Waals surface area (Å²) in [6, 6.07) is 9.15. The summed E-state index contributed by atoms with van der Waals surface area (Å²) in [4.78, 5) is 38.1. The lowest BCUT2D eigenvalue weighted by atomic mass is 10.2. The maximum absolute atomic E-state index is 12.0. The summed E-state index contributed by atoms with van der Waals surface area (Å²) in [5.41, 5.74) is 2.38. The monoisotopic (exact) mass is 371 g/mol. The van der Waals surface area contributed by atoms with E-state index in [9.17, 15) is 9.59 Å². The number of carbonyl (C=O) groups is 1. The smallest absolute Gasteiger partial charge is 0.273 e. The number of imidazole rings is 1. The number of aromatic nitrogens is 4.